The molecule has 2 heteroatoms. The summed E-state index contributed by atoms with van der Waals surface area (Å²) in [5, 5.41) is 9.69. The second kappa shape index (κ2) is 16.0. The van der Waals surface area contributed by atoms with Crippen LogP contribution in [0, 0.1) is 17.8 Å². The van der Waals surface area contributed by atoms with E-state index in [0.29, 0.717) is 11.8 Å². The molecule has 0 bridgehead atoms. The van der Waals surface area contributed by atoms with Crippen LogP contribution in [0.3, 0.4) is 0 Å². The van der Waals surface area contributed by atoms with E-state index in [2.05, 4.69) is 27.7 Å². The van der Waals surface area contributed by atoms with E-state index < -0.39 is 5.97 Å². The predicted octanol–water partition coefficient (Wildman–Crippen LogP) is 7.46. The maximum Gasteiger partial charge on any atom is 0.306 e. The minimum atomic E-state index is -0.567. The van der Waals surface area contributed by atoms with Gasteiger partial charge in [-0.25, -0.2) is 0 Å². The highest BCUT2D eigenvalue weighted by Crippen LogP contribution is 2.30. The molecule has 144 valence electrons. The van der Waals surface area contributed by atoms with E-state index in [0.717, 1.165) is 12.8 Å². The van der Waals surface area contributed by atoms with Crippen molar-refractivity contribution in [3.63, 3.8) is 0 Å². The molecule has 0 heterocycles. The topological polar surface area (TPSA) is 37.3 Å². The van der Waals surface area contributed by atoms with Crippen LogP contribution in [-0.4, -0.2) is 11.1 Å². The molecule has 24 heavy (non-hydrogen) atoms. The lowest BCUT2D eigenvalue weighted by molar-refractivity contribution is -0.144. The van der Waals surface area contributed by atoms with E-state index in [9.17, 15) is 9.90 Å². The third-order valence-electron chi connectivity index (χ3n) is 5.52. The van der Waals surface area contributed by atoms with Crippen molar-refractivity contribution < 1.29 is 9.90 Å². The number of hydrogen-bond acceptors (Lipinski definition) is 1. The number of carboxylic acids is 1. The van der Waals surface area contributed by atoms with Crippen molar-refractivity contribution in [2.75, 3.05) is 0 Å². The SMILES string of the molecule is CCCCCCCCCC(C)C(CC(CCC)CCCC)C(=O)O. The molecule has 0 aromatic heterocycles. The number of unbranched alkanes of at least 4 members (excludes halogenated alkanes) is 7. The van der Waals surface area contributed by atoms with Gasteiger partial charge in [0.1, 0.15) is 0 Å². The average Bonchev–Trinajstić information content (AvgIpc) is 2.55. The number of aliphatic carboxylic acids is 1. The Balaban J connectivity index is 4.19. The molecule has 1 N–H and O–H groups in total. The van der Waals surface area contributed by atoms with Gasteiger partial charge in [-0.15, -0.1) is 0 Å². The van der Waals surface area contributed by atoms with Crippen molar-refractivity contribution >= 4 is 5.97 Å². The fourth-order valence-electron chi connectivity index (χ4n) is 3.84. The van der Waals surface area contributed by atoms with Crippen molar-refractivity contribution in [1.29, 1.82) is 0 Å². The molecule has 0 aromatic rings. The fourth-order valence-corrected chi connectivity index (χ4v) is 3.84. The molecule has 0 saturated heterocycles. The van der Waals surface area contributed by atoms with Crippen molar-refractivity contribution in [1.82, 2.24) is 0 Å². The third kappa shape index (κ3) is 11.9. The normalized spacial score (nSPS) is 15.2. The lowest BCUT2D eigenvalue weighted by Gasteiger charge is -2.25. The highest BCUT2D eigenvalue weighted by Gasteiger charge is 2.27. The zero-order chi connectivity index (χ0) is 18.2. The van der Waals surface area contributed by atoms with Crippen LogP contribution in [-0.2, 0) is 4.79 Å². The molecule has 0 aliphatic carbocycles. The summed E-state index contributed by atoms with van der Waals surface area (Å²) >= 11 is 0. The summed E-state index contributed by atoms with van der Waals surface area (Å²) in [7, 11) is 0. The molecule has 2 nitrogen and oxygen atoms in total. The van der Waals surface area contributed by atoms with E-state index in [1.165, 1.54) is 77.0 Å². The smallest absolute Gasteiger partial charge is 0.306 e. The van der Waals surface area contributed by atoms with Crippen LogP contribution in [0.2, 0.25) is 0 Å². The lowest BCUT2D eigenvalue weighted by atomic mass is 9.80. The van der Waals surface area contributed by atoms with Crippen molar-refractivity contribution in [3.8, 4) is 0 Å². The second-order valence-electron chi connectivity index (χ2n) is 7.86. The Bertz CT molecular complexity index is 288. The van der Waals surface area contributed by atoms with Crippen LogP contribution in [0.1, 0.15) is 118 Å². The Kier molecular flexibility index (Phi) is 15.6. The van der Waals surface area contributed by atoms with Crippen LogP contribution < -0.4 is 0 Å². The maximum atomic E-state index is 11.8. The van der Waals surface area contributed by atoms with Crippen LogP contribution in [0.5, 0.6) is 0 Å². The Morgan fingerprint density at radius 1 is 0.750 bits per heavy atom. The van der Waals surface area contributed by atoms with Crippen molar-refractivity contribution in [3.05, 3.63) is 0 Å². The number of rotatable bonds is 17. The Hall–Kier alpha value is -0.530. The summed E-state index contributed by atoms with van der Waals surface area (Å²) in [5.41, 5.74) is 0. The number of hydrogen-bond donors (Lipinski definition) is 1. The van der Waals surface area contributed by atoms with Gasteiger partial charge >= 0.3 is 5.97 Å². The molecule has 0 aliphatic heterocycles. The summed E-state index contributed by atoms with van der Waals surface area (Å²) in [6, 6.07) is 0. The highest BCUT2D eigenvalue weighted by molar-refractivity contribution is 5.70. The van der Waals surface area contributed by atoms with Gasteiger partial charge in [-0.2, -0.15) is 0 Å². The number of carboxylic acid groups (broad SMARTS) is 1. The van der Waals surface area contributed by atoms with Gasteiger partial charge in [0, 0.05) is 0 Å². The zero-order valence-corrected chi connectivity index (χ0v) is 17.0. The van der Waals surface area contributed by atoms with Crippen LogP contribution in [0.25, 0.3) is 0 Å². The molecule has 0 fully saturated rings. The molecule has 0 rings (SSSR count). The van der Waals surface area contributed by atoms with Crippen molar-refractivity contribution in [2.24, 2.45) is 17.8 Å². The van der Waals surface area contributed by atoms with Gasteiger partial charge in [-0.05, 0) is 24.7 Å². The summed E-state index contributed by atoms with van der Waals surface area (Å²) in [4.78, 5) is 11.8. The van der Waals surface area contributed by atoms with E-state index in [1.54, 1.807) is 0 Å². The van der Waals surface area contributed by atoms with Gasteiger partial charge in [0.15, 0.2) is 0 Å². The maximum absolute atomic E-state index is 11.8. The van der Waals surface area contributed by atoms with Crippen LogP contribution in [0.4, 0.5) is 0 Å². The van der Waals surface area contributed by atoms with Crippen LogP contribution >= 0.6 is 0 Å². The van der Waals surface area contributed by atoms with Crippen molar-refractivity contribution in [2.45, 2.75) is 118 Å². The quantitative estimate of drug-likeness (QED) is 0.279. The molecule has 3 unspecified atom stereocenters. The minimum Gasteiger partial charge on any atom is -0.481 e. The first kappa shape index (κ1) is 23.5. The Labute approximate surface area is 151 Å². The van der Waals surface area contributed by atoms with E-state index in [-0.39, 0.29) is 5.92 Å². The molecule has 0 aromatic carbocycles. The molecule has 0 spiro atoms. The first-order valence-electron chi connectivity index (χ1n) is 10.8. The first-order chi connectivity index (χ1) is 11.6. The molecular weight excluding hydrogens is 296 g/mol. The Morgan fingerprint density at radius 2 is 1.33 bits per heavy atom. The largest absolute Gasteiger partial charge is 0.481 e. The molecule has 0 saturated carbocycles. The molecule has 0 amide bonds. The van der Waals surface area contributed by atoms with E-state index in [4.69, 9.17) is 0 Å². The van der Waals surface area contributed by atoms with Gasteiger partial charge in [-0.1, -0.05) is 105 Å². The van der Waals surface area contributed by atoms with Gasteiger partial charge in [-0.3, -0.25) is 4.79 Å². The monoisotopic (exact) mass is 340 g/mol. The predicted molar refractivity (Wildman–Crippen MR) is 105 cm³/mol. The van der Waals surface area contributed by atoms with E-state index >= 15 is 0 Å². The molecule has 0 aliphatic rings. The highest BCUT2D eigenvalue weighted by atomic mass is 16.4. The first-order valence-corrected chi connectivity index (χ1v) is 10.8. The standard InChI is InChI=1S/C22H44O2/c1-5-8-10-11-12-13-14-16-19(4)21(22(23)24)18-20(15-7-3)17-9-6-2/h19-21H,5-18H2,1-4H3,(H,23,24). The summed E-state index contributed by atoms with van der Waals surface area (Å²) in [6.07, 6.45) is 17.1. The van der Waals surface area contributed by atoms with E-state index in [1.807, 2.05) is 0 Å². The molecule has 3 atom stereocenters. The fraction of sp³-hybridized carbons (Fsp3) is 0.955. The number of carbonyl (C=O) groups is 1. The summed E-state index contributed by atoms with van der Waals surface area (Å²) in [5.74, 6) is 0.216. The van der Waals surface area contributed by atoms with Gasteiger partial charge in [0.2, 0.25) is 0 Å². The summed E-state index contributed by atoms with van der Waals surface area (Å²) < 4.78 is 0. The lowest BCUT2D eigenvalue weighted by Crippen LogP contribution is -2.25. The zero-order valence-electron chi connectivity index (χ0n) is 17.0. The summed E-state index contributed by atoms with van der Waals surface area (Å²) in [6.45, 7) is 8.86. The van der Waals surface area contributed by atoms with Crippen LogP contribution in [0.15, 0.2) is 0 Å². The van der Waals surface area contributed by atoms with Gasteiger partial charge in [0.25, 0.3) is 0 Å². The Morgan fingerprint density at radius 3 is 1.88 bits per heavy atom. The average molecular weight is 341 g/mol. The third-order valence-corrected chi connectivity index (χ3v) is 5.52. The minimum absolute atomic E-state index is 0.140. The van der Waals surface area contributed by atoms with Gasteiger partial charge in [0.05, 0.1) is 5.92 Å². The molecular formula is C22H44O2. The molecule has 0 radical (unpaired) electrons. The second-order valence-corrected chi connectivity index (χ2v) is 7.86. The van der Waals surface area contributed by atoms with Gasteiger partial charge < -0.3 is 5.11 Å².